The topological polar surface area (TPSA) is 54.4 Å². The largest absolute Gasteiger partial charge is 0.481 e. The normalized spacial score (nSPS) is 35.2. The molecule has 3 nitrogen and oxygen atoms in total. The molecule has 1 N–H and O–H groups in total. The zero-order valence-corrected chi connectivity index (χ0v) is 15.9. The third-order valence-corrected chi connectivity index (χ3v) is 6.04. The Kier molecular flexibility index (Phi) is 7.44. The second-order valence-corrected chi connectivity index (χ2v) is 8.21. The zero-order valence-electron chi connectivity index (χ0n) is 15.9. The van der Waals surface area contributed by atoms with E-state index < -0.39 is 5.97 Å². The Bertz CT molecular complexity index is 491. The van der Waals surface area contributed by atoms with Gasteiger partial charge in [0.1, 0.15) is 6.29 Å². The van der Waals surface area contributed by atoms with Crippen molar-refractivity contribution < 1.29 is 14.7 Å². The minimum absolute atomic E-state index is 0.0885. The molecule has 2 aliphatic carbocycles. The van der Waals surface area contributed by atoms with Crippen LogP contribution in [-0.4, -0.2) is 17.4 Å². The Balaban J connectivity index is 0.000000254. The van der Waals surface area contributed by atoms with Gasteiger partial charge in [0.25, 0.3) is 0 Å². The van der Waals surface area contributed by atoms with Crippen LogP contribution >= 0.6 is 0 Å². The van der Waals surface area contributed by atoms with E-state index >= 15 is 0 Å². The Morgan fingerprint density at radius 3 is 2.33 bits per heavy atom. The van der Waals surface area contributed by atoms with Gasteiger partial charge in [0.15, 0.2) is 0 Å². The van der Waals surface area contributed by atoms with E-state index in [-0.39, 0.29) is 17.3 Å². The summed E-state index contributed by atoms with van der Waals surface area (Å²) in [6.07, 6.45) is 14.2. The summed E-state index contributed by atoms with van der Waals surface area (Å²) in [5.41, 5.74) is -0.187. The van der Waals surface area contributed by atoms with E-state index in [9.17, 15) is 9.59 Å². The standard InChI is InChI=1S/C12H20O2.C9H14O/c1-9(2)12(8-11(13)14)6-4-10(3)5-7-12;1-8-5-3-4-6-9(8,2)7-10/h4,6,9-10H,5,7-8H2,1-3H3,(H,13,14);3,5,7-8H,4,6H2,1-2H3. The highest BCUT2D eigenvalue weighted by molar-refractivity contribution is 5.68. The first-order valence-corrected chi connectivity index (χ1v) is 9.19. The van der Waals surface area contributed by atoms with Crippen LogP contribution in [0.2, 0.25) is 0 Å². The number of carbonyl (C=O) groups excluding carboxylic acids is 1. The molecular weight excluding hydrogens is 300 g/mol. The molecule has 3 heteroatoms. The molecular formula is C21H34O3. The number of allylic oxidation sites excluding steroid dienone is 4. The summed E-state index contributed by atoms with van der Waals surface area (Å²) in [7, 11) is 0. The van der Waals surface area contributed by atoms with Crippen molar-refractivity contribution in [3.8, 4) is 0 Å². The number of carboxylic acids is 1. The Morgan fingerprint density at radius 1 is 1.29 bits per heavy atom. The highest BCUT2D eigenvalue weighted by atomic mass is 16.4. The van der Waals surface area contributed by atoms with Gasteiger partial charge in [-0.25, -0.2) is 0 Å². The van der Waals surface area contributed by atoms with Gasteiger partial charge in [-0.3, -0.25) is 4.79 Å². The molecule has 0 fully saturated rings. The van der Waals surface area contributed by atoms with E-state index in [1.165, 1.54) is 0 Å². The molecule has 0 saturated carbocycles. The molecule has 136 valence electrons. The van der Waals surface area contributed by atoms with Gasteiger partial charge < -0.3 is 9.90 Å². The van der Waals surface area contributed by atoms with Gasteiger partial charge >= 0.3 is 5.97 Å². The van der Waals surface area contributed by atoms with Crippen molar-refractivity contribution >= 4 is 12.3 Å². The molecule has 0 aromatic rings. The number of hydrogen-bond acceptors (Lipinski definition) is 2. The van der Waals surface area contributed by atoms with Gasteiger partial charge in [-0.2, -0.15) is 0 Å². The summed E-state index contributed by atoms with van der Waals surface area (Å²) in [5.74, 6) is 0.745. The zero-order chi connectivity index (χ0) is 18.4. The molecule has 0 aliphatic heterocycles. The van der Waals surface area contributed by atoms with Crippen LogP contribution in [0.3, 0.4) is 0 Å². The van der Waals surface area contributed by atoms with Crippen LogP contribution in [0.15, 0.2) is 24.3 Å². The van der Waals surface area contributed by atoms with Crippen LogP contribution in [0.25, 0.3) is 0 Å². The number of aldehydes is 1. The SMILES string of the molecule is CC1C=CC(CC(=O)O)(C(C)C)CC1.CC1C=CCCC1(C)C=O. The van der Waals surface area contributed by atoms with Gasteiger partial charge in [-0.05, 0) is 43.4 Å². The molecule has 0 amide bonds. The fraction of sp³-hybridized carbons (Fsp3) is 0.714. The van der Waals surface area contributed by atoms with Crippen LogP contribution in [0, 0.1) is 28.6 Å². The minimum Gasteiger partial charge on any atom is -0.481 e. The van der Waals surface area contributed by atoms with Crippen molar-refractivity contribution in [3.63, 3.8) is 0 Å². The Hall–Kier alpha value is -1.38. The molecule has 2 rings (SSSR count). The van der Waals surface area contributed by atoms with Crippen LogP contribution < -0.4 is 0 Å². The summed E-state index contributed by atoms with van der Waals surface area (Å²) in [5, 5.41) is 8.91. The Morgan fingerprint density at radius 2 is 1.96 bits per heavy atom. The average molecular weight is 335 g/mol. The quantitative estimate of drug-likeness (QED) is 0.563. The lowest BCUT2D eigenvalue weighted by Gasteiger charge is -2.37. The molecule has 0 saturated heterocycles. The highest BCUT2D eigenvalue weighted by Crippen LogP contribution is 2.42. The molecule has 24 heavy (non-hydrogen) atoms. The van der Waals surface area contributed by atoms with E-state index in [0.29, 0.717) is 17.8 Å². The minimum atomic E-state index is -0.682. The highest BCUT2D eigenvalue weighted by Gasteiger charge is 2.35. The van der Waals surface area contributed by atoms with E-state index in [0.717, 1.165) is 32.0 Å². The lowest BCUT2D eigenvalue weighted by Crippen LogP contribution is -2.31. The maximum Gasteiger partial charge on any atom is 0.304 e. The van der Waals surface area contributed by atoms with E-state index in [1.54, 1.807) is 0 Å². The summed E-state index contributed by atoms with van der Waals surface area (Å²) in [4.78, 5) is 21.5. The van der Waals surface area contributed by atoms with Crippen molar-refractivity contribution in [3.05, 3.63) is 24.3 Å². The number of carbonyl (C=O) groups is 2. The molecule has 0 bridgehead atoms. The molecule has 0 aromatic carbocycles. The van der Waals surface area contributed by atoms with Crippen LogP contribution in [0.5, 0.6) is 0 Å². The van der Waals surface area contributed by atoms with Crippen molar-refractivity contribution in [1.82, 2.24) is 0 Å². The summed E-state index contributed by atoms with van der Waals surface area (Å²) in [6.45, 7) is 10.5. The van der Waals surface area contributed by atoms with Gasteiger partial charge in [-0.1, -0.05) is 58.9 Å². The number of carboxylic acid groups (broad SMARTS) is 1. The molecule has 4 atom stereocenters. The summed E-state index contributed by atoms with van der Waals surface area (Å²) in [6, 6.07) is 0. The van der Waals surface area contributed by atoms with Crippen LogP contribution in [0.1, 0.15) is 66.7 Å². The first kappa shape index (κ1) is 20.7. The molecule has 2 aliphatic rings. The number of rotatable bonds is 4. The first-order chi connectivity index (χ1) is 11.1. The van der Waals surface area contributed by atoms with Crippen molar-refractivity contribution in [2.45, 2.75) is 66.7 Å². The Labute approximate surface area is 147 Å². The van der Waals surface area contributed by atoms with E-state index in [2.05, 4.69) is 52.0 Å². The van der Waals surface area contributed by atoms with Gasteiger partial charge in [0.2, 0.25) is 0 Å². The van der Waals surface area contributed by atoms with Crippen molar-refractivity contribution in [2.24, 2.45) is 28.6 Å². The predicted molar refractivity (Wildman–Crippen MR) is 98.8 cm³/mol. The average Bonchev–Trinajstić information content (AvgIpc) is 2.53. The fourth-order valence-corrected chi connectivity index (χ4v) is 3.45. The third kappa shape index (κ3) is 5.32. The smallest absolute Gasteiger partial charge is 0.304 e. The monoisotopic (exact) mass is 334 g/mol. The second-order valence-electron chi connectivity index (χ2n) is 8.21. The molecule has 0 spiro atoms. The number of hydrogen-bond donors (Lipinski definition) is 1. The molecule has 0 aromatic heterocycles. The number of aliphatic carboxylic acids is 1. The third-order valence-electron chi connectivity index (χ3n) is 6.04. The summed E-state index contributed by atoms with van der Waals surface area (Å²) >= 11 is 0. The van der Waals surface area contributed by atoms with Gasteiger partial charge in [-0.15, -0.1) is 0 Å². The molecule has 0 heterocycles. The van der Waals surface area contributed by atoms with E-state index in [4.69, 9.17) is 5.11 Å². The van der Waals surface area contributed by atoms with Gasteiger partial charge in [0.05, 0.1) is 6.42 Å². The van der Waals surface area contributed by atoms with E-state index in [1.807, 2.05) is 6.92 Å². The van der Waals surface area contributed by atoms with Crippen molar-refractivity contribution in [1.29, 1.82) is 0 Å². The maximum atomic E-state index is 10.8. The molecule has 0 radical (unpaired) electrons. The fourth-order valence-electron chi connectivity index (χ4n) is 3.45. The summed E-state index contributed by atoms with van der Waals surface area (Å²) < 4.78 is 0. The predicted octanol–water partition coefficient (Wildman–Crippen LogP) is 5.27. The van der Waals surface area contributed by atoms with Gasteiger partial charge in [0, 0.05) is 10.8 Å². The van der Waals surface area contributed by atoms with Crippen LogP contribution in [0.4, 0.5) is 0 Å². The first-order valence-electron chi connectivity index (χ1n) is 9.19. The van der Waals surface area contributed by atoms with Crippen LogP contribution in [-0.2, 0) is 9.59 Å². The maximum absolute atomic E-state index is 10.8. The molecule has 4 unspecified atom stereocenters. The second kappa shape index (κ2) is 8.64. The lowest BCUT2D eigenvalue weighted by atomic mass is 9.67. The lowest BCUT2D eigenvalue weighted by molar-refractivity contribution is -0.140. The van der Waals surface area contributed by atoms with Crippen molar-refractivity contribution in [2.75, 3.05) is 0 Å².